The van der Waals surface area contributed by atoms with Gasteiger partial charge in [0.15, 0.2) is 0 Å². The molecule has 0 N–H and O–H groups in total. The number of halogens is 1. The largest absolute Gasteiger partial charge is 0.112 e. The summed E-state index contributed by atoms with van der Waals surface area (Å²) in [4.78, 5) is 0. The number of hydrogen-bond acceptors (Lipinski definition) is 0. The van der Waals surface area contributed by atoms with Crippen molar-refractivity contribution in [2.75, 3.05) is 0 Å². The highest BCUT2D eigenvalue weighted by Gasteiger charge is 2.31. The molecule has 1 aliphatic rings. The standard InChI is InChI=1S/C23H17Cl/c24-21-13-11-19(12-14-21)23-16-20(23)15-22(17-7-3-1-4-8-17)18-9-5-2-6-10-18/h1-14,23H,16H2. The van der Waals surface area contributed by atoms with E-state index in [0.717, 1.165) is 11.4 Å². The predicted octanol–water partition coefficient (Wildman–Crippen LogP) is 6.48. The van der Waals surface area contributed by atoms with Gasteiger partial charge in [0.1, 0.15) is 0 Å². The van der Waals surface area contributed by atoms with Crippen LogP contribution in [0.1, 0.15) is 29.0 Å². The molecule has 0 radical (unpaired) electrons. The van der Waals surface area contributed by atoms with E-state index < -0.39 is 0 Å². The molecule has 1 heteroatoms. The molecule has 1 fully saturated rings. The van der Waals surface area contributed by atoms with Crippen molar-refractivity contribution in [2.45, 2.75) is 12.3 Å². The van der Waals surface area contributed by atoms with Crippen molar-refractivity contribution in [1.29, 1.82) is 0 Å². The topological polar surface area (TPSA) is 0 Å². The van der Waals surface area contributed by atoms with Crippen LogP contribution in [0, 0.1) is 0 Å². The lowest BCUT2D eigenvalue weighted by molar-refractivity contribution is 1.16. The molecule has 1 saturated carbocycles. The molecule has 116 valence electrons. The Balaban J connectivity index is 1.77. The Morgan fingerprint density at radius 1 is 0.750 bits per heavy atom. The molecule has 1 aliphatic carbocycles. The quantitative estimate of drug-likeness (QED) is 0.482. The Hall–Kier alpha value is -2.53. The fourth-order valence-corrected chi connectivity index (χ4v) is 3.12. The second-order valence-corrected chi connectivity index (χ2v) is 6.50. The van der Waals surface area contributed by atoms with E-state index in [4.69, 9.17) is 11.6 Å². The SMILES string of the molecule is Clc1ccc(C2CC2=C=C(c2ccccc2)c2ccccc2)cc1. The summed E-state index contributed by atoms with van der Waals surface area (Å²) in [5.41, 5.74) is 9.95. The monoisotopic (exact) mass is 328 g/mol. The van der Waals surface area contributed by atoms with E-state index in [1.165, 1.54) is 27.8 Å². The normalized spacial score (nSPS) is 15.7. The average Bonchev–Trinajstić information content (AvgIpc) is 3.41. The molecule has 0 aliphatic heterocycles. The molecule has 0 amide bonds. The predicted molar refractivity (Wildman–Crippen MR) is 101 cm³/mol. The lowest BCUT2D eigenvalue weighted by atomic mass is 9.98. The Labute approximate surface area is 147 Å². The molecule has 0 spiro atoms. The second-order valence-electron chi connectivity index (χ2n) is 6.07. The van der Waals surface area contributed by atoms with Gasteiger partial charge in [-0.3, -0.25) is 0 Å². The summed E-state index contributed by atoms with van der Waals surface area (Å²) in [5, 5.41) is 0.787. The Morgan fingerprint density at radius 2 is 1.29 bits per heavy atom. The number of rotatable bonds is 3. The van der Waals surface area contributed by atoms with Gasteiger partial charge in [0.05, 0.1) is 0 Å². The lowest BCUT2D eigenvalue weighted by Crippen LogP contribution is -1.85. The van der Waals surface area contributed by atoms with E-state index in [1.807, 2.05) is 24.3 Å². The third kappa shape index (κ3) is 3.21. The van der Waals surface area contributed by atoms with Crippen LogP contribution < -0.4 is 0 Å². The van der Waals surface area contributed by atoms with Crippen molar-refractivity contribution in [3.05, 3.63) is 118 Å². The first-order valence-electron chi connectivity index (χ1n) is 8.17. The summed E-state index contributed by atoms with van der Waals surface area (Å²) < 4.78 is 0. The van der Waals surface area contributed by atoms with Crippen LogP contribution in [-0.2, 0) is 0 Å². The molecule has 1 unspecified atom stereocenters. The van der Waals surface area contributed by atoms with Crippen molar-refractivity contribution in [3.63, 3.8) is 0 Å². The van der Waals surface area contributed by atoms with Crippen LogP contribution in [0.2, 0.25) is 5.02 Å². The second kappa shape index (κ2) is 6.53. The van der Waals surface area contributed by atoms with E-state index in [-0.39, 0.29) is 0 Å². The van der Waals surface area contributed by atoms with Crippen molar-refractivity contribution in [2.24, 2.45) is 0 Å². The Kier molecular flexibility index (Phi) is 4.09. The van der Waals surface area contributed by atoms with Crippen LogP contribution in [0.4, 0.5) is 0 Å². The fourth-order valence-electron chi connectivity index (χ4n) is 2.99. The third-order valence-electron chi connectivity index (χ3n) is 4.37. The Bertz CT molecular complexity index is 858. The van der Waals surface area contributed by atoms with Gasteiger partial charge in [-0.15, -0.1) is 5.73 Å². The van der Waals surface area contributed by atoms with Crippen molar-refractivity contribution in [1.82, 2.24) is 0 Å². The van der Waals surface area contributed by atoms with Crippen LogP contribution >= 0.6 is 11.6 Å². The zero-order chi connectivity index (χ0) is 16.4. The van der Waals surface area contributed by atoms with Crippen LogP contribution in [0.15, 0.2) is 96.2 Å². The van der Waals surface area contributed by atoms with Gasteiger partial charge < -0.3 is 0 Å². The number of benzene rings is 3. The van der Waals surface area contributed by atoms with E-state index in [9.17, 15) is 0 Å². The van der Waals surface area contributed by atoms with Gasteiger partial charge in [0, 0.05) is 16.5 Å². The van der Waals surface area contributed by atoms with E-state index >= 15 is 0 Å². The molecule has 0 saturated heterocycles. The van der Waals surface area contributed by atoms with Crippen LogP contribution in [0.3, 0.4) is 0 Å². The minimum atomic E-state index is 0.477. The molecule has 0 nitrogen and oxygen atoms in total. The zero-order valence-corrected chi connectivity index (χ0v) is 14.0. The smallest absolute Gasteiger partial charge is 0.0406 e. The van der Waals surface area contributed by atoms with Crippen LogP contribution in [0.25, 0.3) is 5.57 Å². The highest BCUT2D eigenvalue weighted by molar-refractivity contribution is 6.30. The molecule has 0 bridgehead atoms. The minimum absolute atomic E-state index is 0.477. The van der Waals surface area contributed by atoms with Gasteiger partial charge in [-0.25, -0.2) is 0 Å². The molecule has 24 heavy (non-hydrogen) atoms. The van der Waals surface area contributed by atoms with E-state index in [0.29, 0.717) is 5.92 Å². The van der Waals surface area contributed by atoms with Gasteiger partial charge in [0.25, 0.3) is 0 Å². The van der Waals surface area contributed by atoms with Gasteiger partial charge in [0.2, 0.25) is 0 Å². The summed E-state index contributed by atoms with van der Waals surface area (Å²) in [5.74, 6) is 0.477. The van der Waals surface area contributed by atoms with E-state index in [2.05, 4.69) is 66.4 Å². The average molecular weight is 329 g/mol. The Morgan fingerprint density at radius 3 is 1.83 bits per heavy atom. The van der Waals surface area contributed by atoms with Gasteiger partial charge in [-0.05, 0) is 40.8 Å². The molecular formula is C23H17Cl. The molecule has 0 heterocycles. The maximum absolute atomic E-state index is 5.99. The molecular weight excluding hydrogens is 312 g/mol. The summed E-state index contributed by atoms with van der Waals surface area (Å²) in [6.07, 6.45) is 1.07. The first-order valence-corrected chi connectivity index (χ1v) is 8.55. The van der Waals surface area contributed by atoms with E-state index in [1.54, 1.807) is 0 Å². The van der Waals surface area contributed by atoms with Gasteiger partial charge >= 0.3 is 0 Å². The third-order valence-corrected chi connectivity index (χ3v) is 4.62. The van der Waals surface area contributed by atoms with Gasteiger partial charge in [-0.2, -0.15) is 0 Å². The van der Waals surface area contributed by atoms with Crippen molar-refractivity contribution >= 4 is 17.2 Å². The minimum Gasteiger partial charge on any atom is -0.112 e. The molecule has 3 aromatic rings. The summed E-state index contributed by atoms with van der Waals surface area (Å²) in [7, 11) is 0. The number of allylic oxidation sites excluding steroid dienone is 1. The summed E-state index contributed by atoms with van der Waals surface area (Å²) >= 11 is 5.99. The zero-order valence-electron chi connectivity index (χ0n) is 13.2. The molecule has 0 aromatic heterocycles. The number of hydrogen-bond donors (Lipinski definition) is 0. The molecule has 4 rings (SSSR count). The maximum atomic E-state index is 5.99. The summed E-state index contributed by atoms with van der Waals surface area (Å²) in [6.45, 7) is 0. The molecule has 3 aromatic carbocycles. The molecule has 1 atom stereocenters. The van der Waals surface area contributed by atoms with Crippen LogP contribution in [-0.4, -0.2) is 0 Å². The fraction of sp³-hybridized carbons (Fsp3) is 0.0870. The first-order chi connectivity index (χ1) is 11.8. The first kappa shape index (κ1) is 15.0. The maximum Gasteiger partial charge on any atom is 0.0406 e. The van der Waals surface area contributed by atoms with Crippen LogP contribution in [0.5, 0.6) is 0 Å². The van der Waals surface area contributed by atoms with Crippen molar-refractivity contribution in [3.8, 4) is 0 Å². The van der Waals surface area contributed by atoms with Crippen molar-refractivity contribution < 1.29 is 0 Å². The highest BCUT2D eigenvalue weighted by Crippen LogP contribution is 2.47. The lowest BCUT2D eigenvalue weighted by Gasteiger charge is -2.05. The van der Waals surface area contributed by atoms with Gasteiger partial charge in [-0.1, -0.05) is 84.4 Å². The highest BCUT2D eigenvalue weighted by atomic mass is 35.5. The summed E-state index contributed by atoms with van der Waals surface area (Å²) in [6, 6.07) is 29.2.